The van der Waals surface area contributed by atoms with Gasteiger partial charge in [-0.2, -0.15) is 18.2 Å². The molecular weight excluding hydrogens is 487 g/mol. The summed E-state index contributed by atoms with van der Waals surface area (Å²) in [5, 5.41) is 2.92. The Kier molecular flexibility index (Phi) is 6.57. The van der Waals surface area contributed by atoms with Gasteiger partial charge in [0.1, 0.15) is 23.8 Å². The lowest BCUT2D eigenvalue weighted by Crippen LogP contribution is -2.20. The van der Waals surface area contributed by atoms with Crippen LogP contribution in [0.2, 0.25) is 0 Å². The summed E-state index contributed by atoms with van der Waals surface area (Å²) in [4.78, 5) is 27.6. The minimum Gasteiger partial charge on any atom is -0.416 e. The van der Waals surface area contributed by atoms with Crippen molar-refractivity contribution in [1.29, 1.82) is 0 Å². The minimum absolute atomic E-state index is 0.0723. The molecule has 0 aliphatic heterocycles. The number of rotatable bonds is 6. The number of oxazole rings is 1. The summed E-state index contributed by atoms with van der Waals surface area (Å²) in [6, 6.07) is 3.55. The fourth-order valence-electron chi connectivity index (χ4n) is 3.52. The average molecular weight is 506 g/mol. The summed E-state index contributed by atoms with van der Waals surface area (Å²) in [5.41, 5.74) is 0.726. The standard InChI is InChI=1S/C23H19F5N6O2/c1-11-6-17(30-8-15(11)14-4-5-29-19(7-14)23(26,27)28)13(3)32-21-31-9-16(25)20(33-21)34-18(12(2)24)10-36-22(34)35/h4-10,12-13H,1-3H3,(H,31,32,33)/t12-,13-/m0/s1. The number of hydrogen-bond acceptors (Lipinski definition) is 7. The number of alkyl halides is 4. The minimum atomic E-state index is -4.58. The van der Waals surface area contributed by atoms with Crippen LogP contribution >= 0.6 is 0 Å². The SMILES string of the molecule is Cc1cc([C@H](C)Nc2ncc(F)c(-n3c([C@H](C)F)coc3=O)n2)ncc1-c1ccnc(C(F)(F)F)c1. The van der Waals surface area contributed by atoms with Gasteiger partial charge in [0.25, 0.3) is 0 Å². The van der Waals surface area contributed by atoms with Gasteiger partial charge < -0.3 is 9.73 Å². The van der Waals surface area contributed by atoms with Crippen LogP contribution in [0.5, 0.6) is 0 Å². The molecule has 0 spiro atoms. The van der Waals surface area contributed by atoms with Crippen LogP contribution in [0.25, 0.3) is 16.9 Å². The second kappa shape index (κ2) is 9.47. The molecular formula is C23H19F5N6O2. The van der Waals surface area contributed by atoms with E-state index in [4.69, 9.17) is 0 Å². The zero-order valence-electron chi connectivity index (χ0n) is 19.1. The first-order chi connectivity index (χ1) is 17.0. The molecule has 0 unspecified atom stereocenters. The van der Waals surface area contributed by atoms with Gasteiger partial charge in [-0.15, -0.1) is 0 Å². The third-order valence-electron chi connectivity index (χ3n) is 5.35. The molecule has 8 nitrogen and oxygen atoms in total. The molecule has 1 N–H and O–H groups in total. The van der Waals surface area contributed by atoms with E-state index in [1.807, 2.05) is 0 Å². The Morgan fingerprint density at radius 1 is 1.11 bits per heavy atom. The molecule has 36 heavy (non-hydrogen) atoms. The van der Waals surface area contributed by atoms with E-state index < -0.39 is 41.5 Å². The zero-order valence-corrected chi connectivity index (χ0v) is 19.1. The van der Waals surface area contributed by atoms with Crippen LogP contribution in [-0.2, 0) is 6.18 Å². The van der Waals surface area contributed by atoms with Gasteiger partial charge in [0.2, 0.25) is 5.95 Å². The van der Waals surface area contributed by atoms with Crippen molar-refractivity contribution in [2.45, 2.75) is 39.2 Å². The van der Waals surface area contributed by atoms with E-state index in [2.05, 4.69) is 29.7 Å². The third-order valence-corrected chi connectivity index (χ3v) is 5.35. The topological polar surface area (TPSA) is 98.7 Å². The van der Waals surface area contributed by atoms with Crippen molar-refractivity contribution in [3.05, 3.63) is 82.1 Å². The summed E-state index contributed by atoms with van der Waals surface area (Å²) in [5.74, 6) is -2.54. The third kappa shape index (κ3) is 4.95. The molecule has 4 aromatic rings. The molecule has 13 heteroatoms. The van der Waals surface area contributed by atoms with Crippen LogP contribution in [0.4, 0.5) is 27.9 Å². The maximum absolute atomic E-state index is 14.4. The number of hydrogen-bond donors (Lipinski definition) is 1. The van der Waals surface area contributed by atoms with Crippen LogP contribution in [0.3, 0.4) is 0 Å². The Morgan fingerprint density at radius 2 is 1.86 bits per heavy atom. The molecule has 0 amide bonds. The first kappa shape index (κ1) is 24.9. The lowest BCUT2D eigenvalue weighted by molar-refractivity contribution is -0.141. The smallest absolute Gasteiger partial charge is 0.416 e. The Labute approximate surface area is 200 Å². The first-order valence-electron chi connectivity index (χ1n) is 10.6. The molecule has 0 aliphatic carbocycles. The molecule has 0 bridgehead atoms. The van der Waals surface area contributed by atoms with Crippen LogP contribution in [0, 0.1) is 12.7 Å². The summed E-state index contributed by atoms with van der Waals surface area (Å²) >= 11 is 0. The van der Waals surface area contributed by atoms with Crippen molar-refractivity contribution in [2.75, 3.05) is 5.32 Å². The average Bonchev–Trinajstić information content (AvgIpc) is 3.21. The number of pyridine rings is 2. The quantitative estimate of drug-likeness (QED) is 0.352. The lowest BCUT2D eigenvalue weighted by Gasteiger charge is -2.16. The maximum atomic E-state index is 14.4. The van der Waals surface area contributed by atoms with Crippen molar-refractivity contribution in [3.63, 3.8) is 0 Å². The molecule has 0 saturated heterocycles. The maximum Gasteiger partial charge on any atom is 0.433 e. The Hall–Kier alpha value is -4.16. The van der Waals surface area contributed by atoms with E-state index in [0.29, 0.717) is 27.0 Å². The number of nitrogens with one attached hydrogen (secondary N) is 1. The van der Waals surface area contributed by atoms with Gasteiger partial charge >= 0.3 is 11.9 Å². The van der Waals surface area contributed by atoms with Gasteiger partial charge in [0.15, 0.2) is 11.6 Å². The van der Waals surface area contributed by atoms with E-state index in [0.717, 1.165) is 31.6 Å². The summed E-state index contributed by atoms with van der Waals surface area (Å²) in [6.45, 7) is 4.59. The second-order valence-electron chi connectivity index (χ2n) is 7.96. The van der Waals surface area contributed by atoms with Gasteiger partial charge in [-0.1, -0.05) is 0 Å². The predicted octanol–water partition coefficient (Wildman–Crippen LogP) is 5.35. The molecule has 4 rings (SSSR count). The predicted molar refractivity (Wildman–Crippen MR) is 119 cm³/mol. The van der Waals surface area contributed by atoms with Gasteiger partial charge in [-0.3, -0.25) is 9.97 Å². The van der Waals surface area contributed by atoms with Gasteiger partial charge in [-0.05, 0) is 50.1 Å². The fraction of sp³-hybridized carbons (Fsp3) is 0.261. The lowest BCUT2D eigenvalue weighted by atomic mass is 10.0. The highest BCUT2D eigenvalue weighted by atomic mass is 19.4. The van der Waals surface area contributed by atoms with Crippen molar-refractivity contribution >= 4 is 5.95 Å². The van der Waals surface area contributed by atoms with Gasteiger partial charge in [0, 0.05) is 18.0 Å². The highest BCUT2D eigenvalue weighted by Gasteiger charge is 2.32. The largest absolute Gasteiger partial charge is 0.433 e. The molecule has 4 aromatic heterocycles. The monoisotopic (exact) mass is 506 g/mol. The Morgan fingerprint density at radius 3 is 2.53 bits per heavy atom. The van der Waals surface area contributed by atoms with Crippen molar-refractivity contribution in [2.24, 2.45) is 0 Å². The molecule has 2 atom stereocenters. The fourth-order valence-corrected chi connectivity index (χ4v) is 3.52. The van der Waals surface area contributed by atoms with Crippen molar-refractivity contribution in [1.82, 2.24) is 24.5 Å². The molecule has 0 aromatic carbocycles. The highest BCUT2D eigenvalue weighted by molar-refractivity contribution is 5.66. The molecule has 4 heterocycles. The Bertz CT molecular complexity index is 1460. The van der Waals surface area contributed by atoms with Crippen LogP contribution < -0.4 is 11.1 Å². The van der Waals surface area contributed by atoms with Crippen molar-refractivity contribution in [3.8, 4) is 16.9 Å². The molecule has 188 valence electrons. The molecule has 0 fully saturated rings. The van der Waals surface area contributed by atoms with E-state index in [1.54, 1.807) is 19.9 Å². The van der Waals surface area contributed by atoms with E-state index >= 15 is 0 Å². The number of aromatic nitrogens is 5. The van der Waals surface area contributed by atoms with E-state index in [-0.39, 0.29) is 11.6 Å². The first-order valence-corrected chi connectivity index (χ1v) is 10.6. The Balaban J connectivity index is 1.61. The van der Waals surface area contributed by atoms with Gasteiger partial charge in [-0.25, -0.2) is 23.1 Å². The molecule has 0 aliphatic rings. The number of nitrogens with zero attached hydrogens (tertiary/aromatic N) is 5. The molecule has 0 saturated carbocycles. The second-order valence-corrected chi connectivity index (χ2v) is 7.96. The van der Waals surface area contributed by atoms with Crippen LogP contribution in [0.15, 0.2) is 52.3 Å². The molecule has 0 radical (unpaired) electrons. The number of anilines is 1. The normalized spacial score (nSPS) is 13.4. The summed E-state index contributed by atoms with van der Waals surface area (Å²) in [6.07, 6.45) is -1.96. The van der Waals surface area contributed by atoms with Gasteiger partial charge in [0.05, 0.1) is 17.9 Å². The van der Waals surface area contributed by atoms with Crippen LogP contribution in [-0.4, -0.2) is 24.5 Å². The van der Waals surface area contributed by atoms with Crippen LogP contribution in [0.1, 0.15) is 48.7 Å². The zero-order chi connectivity index (χ0) is 26.2. The summed E-state index contributed by atoms with van der Waals surface area (Å²) < 4.78 is 72.7. The number of halogens is 5. The van der Waals surface area contributed by atoms with E-state index in [1.165, 1.54) is 12.3 Å². The van der Waals surface area contributed by atoms with Crippen molar-refractivity contribution < 1.29 is 26.4 Å². The summed E-state index contributed by atoms with van der Waals surface area (Å²) in [7, 11) is 0. The number of aryl methyl sites for hydroxylation is 1. The highest BCUT2D eigenvalue weighted by Crippen LogP contribution is 2.32. The van der Waals surface area contributed by atoms with E-state index in [9.17, 15) is 26.7 Å².